The summed E-state index contributed by atoms with van der Waals surface area (Å²) in [5, 5.41) is 8.68. The molecule has 0 fully saturated rings. The van der Waals surface area contributed by atoms with Crippen LogP contribution in [0.5, 0.6) is 0 Å². The van der Waals surface area contributed by atoms with Crippen molar-refractivity contribution in [3.05, 3.63) is 0 Å². The van der Waals surface area contributed by atoms with Gasteiger partial charge in [-0.05, 0) is 12.8 Å². The van der Waals surface area contributed by atoms with E-state index in [0.717, 1.165) is 32.1 Å². The second-order valence-corrected chi connectivity index (χ2v) is 7.54. The molecule has 0 saturated heterocycles. The van der Waals surface area contributed by atoms with Gasteiger partial charge < -0.3 is 10.8 Å². The first-order valence-corrected chi connectivity index (χ1v) is 10.8. The predicted molar refractivity (Wildman–Crippen MR) is 97.2 cm³/mol. The molecule has 0 amide bonds. The molecule has 0 rings (SSSR count). The summed E-state index contributed by atoms with van der Waals surface area (Å²) in [5.74, 6) is 0. The third-order valence-corrected chi connectivity index (χ3v) is 4.72. The molecule has 0 saturated carbocycles. The minimum atomic E-state index is -4.40. The molecule has 0 aromatic heterocycles. The zero-order valence-electron chi connectivity index (χ0n) is 15.0. The Kier molecular flexibility index (Phi) is 16.1. The van der Waals surface area contributed by atoms with Gasteiger partial charge in [0.15, 0.2) is 0 Å². The Hall–Kier alpha value is -0.210. The number of aliphatic hydroxyl groups is 1. The Morgan fingerprint density at radius 1 is 0.750 bits per heavy atom. The van der Waals surface area contributed by atoms with Crippen molar-refractivity contribution in [1.29, 1.82) is 0 Å². The quantitative estimate of drug-likeness (QED) is 0.252. The van der Waals surface area contributed by atoms with Gasteiger partial charge in [-0.2, -0.15) is 8.42 Å². The van der Waals surface area contributed by atoms with Gasteiger partial charge in [-0.25, -0.2) is 4.18 Å². The van der Waals surface area contributed by atoms with Crippen molar-refractivity contribution >= 4 is 10.4 Å². The van der Waals surface area contributed by atoms with Crippen molar-refractivity contribution < 1.29 is 22.3 Å². The molecular formula is C17H37NO5S. The van der Waals surface area contributed by atoms with E-state index in [0.29, 0.717) is 13.0 Å². The van der Waals surface area contributed by atoms with E-state index in [2.05, 4.69) is 4.18 Å². The van der Waals surface area contributed by atoms with Crippen molar-refractivity contribution in [3.63, 3.8) is 0 Å². The normalized spacial score (nSPS) is 13.3. The second-order valence-electron chi connectivity index (χ2n) is 6.49. The molecule has 0 aliphatic carbocycles. The zero-order valence-corrected chi connectivity index (χ0v) is 15.8. The third kappa shape index (κ3) is 18.1. The summed E-state index contributed by atoms with van der Waals surface area (Å²) in [6.07, 6.45) is 15.3. The van der Waals surface area contributed by atoms with Gasteiger partial charge in [-0.3, -0.25) is 4.55 Å². The monoisotopic (exact) mass is 367 g/mol. The summed E-state index contributed by atoms with van der Waals surface area (Å²) >= 11 is 0. The molecule has 1 unspecified atom stereocenters. The minimum absolute atomic E-state index is 0.0970. The number of unbranched alkanes of at least 4 members (excludes halogenated alkanes) is 12. The van der Waals surface area contributed by atoms with Crippen LogP contribution in [0, 0.1) is 0 Å². The molecule has 0 heterocycles. The Labute approximate surface area is 148 Å². The van der Waals surface area contributed by atoms with Crippen molar-refractivity contribution in [2.75, 3.05) is 13.2 Å². The molecule has 146 valence electrons. The Balaban J connectivity index is 3.27. The lowest BCUT2D eigenvalue weighted by Crippen LogP contribution is -2.26. The minimum Gasteiger partial charge on any atom is -0.396 e. The number of hydrogen-bond donors (Lipinski definition) is 3. The smallest absolute Gasteiger partial charge is 0.396 e. The van der Waals surface area contributed by atoms with Crippen LogP contribution in [0.15, 0.2) is 0 Å². The lowest BCUT2D eigenvalue weighted by Gasteiger charge is -2.12. The maximum atomic E-state index is 10.6. The molecule has 0 aliphatic rings. The van der Waals surface area contributed by atoms with E-state index in [1.807, 2.05) is 0 Å². The molecule has 7 heteroatoms. The average Bonchev–Trinajstić information content (AvgIpc) is 2.53. The van der Waals surface area contributed by atoms with E-state index < -0.39 is 16.5 Å². The molecule has 0 aromatic rings. The highest BCUT2D eigenvalue weighted by Crippen LogP contribution is 2.14. The second kappa shape index (κ2) is 16.3. The van der Waals surface area contributed by atoms with E-state index >= 15 is 0 Å². The van der Waals surface area contributed by atoms with Crippen LogP contribution in [0.2, 0.25) is 0 Å². The third-order valence-electron chi connectivity index (χ3n) is 4.20. The van der Waals surface area contributed by atoms with Crippen molar-refractivity contribution in [1.82, 2.24) is 0 Å². The van der Waals surface area contributed by atoms with Crippen LogP contribution in [-0.4, -0.2) is 37.3 Å². The summed E-state index contributed by atoms with van der Waals surface area (Å²) in [4.78, 5) is 0. The van der Waals surface area contributed by atoms with Gasteiger partial charge in [0.05, 0.1) is 6.10 Å². The predicted octanol–water partition coefficient (Wildman–Crippen LogP) is 3.59. The zero-order chi connectivity index (χ0) is 18.1. The summed E-state index contributed by atoms with van der Waals surface area (Å²) in [6.45, 7) is 0.417. The van der Waals surface area contributed by atoms with Crippen molar-refractivity contribution in [3.8, 4) is 0 Å². The van der Waals surface area contributed by atoms with Crippen LogP contribution in [0.4, 0.5) is 0 Å². The van der Waals surface area contributed by atoms with E-state index in [1.54, 1.807) is 0 Å². The van der Waals surface area contributed by atoms with Crippen LogP contribution >= 0.6 is 0 Å². The number of nitrogens with two attached hydrogens (primary N) is 1. The first-order valence-electron chi connectivity index (χ1n) is 9.46. The standard InChI is InChI=1S/C17H37NO5S/c18-16-17(23-24(20,21)22)14-12-10-8-6-4-2-1-3-5-7-9-11-13-15-19/h17,19H,1-16,18H2,(H,20,21,22). The fourth-order valence-corrected chi connectivity index (χ4v) is 3.32. The fourth-order valence-electron chi connectivity index (χ4n) is 2.81. The molecule has 0 radical (unpaired) electrons. The number of hydrogen-bond acceptors (Lipinski definition) is 5. The summed E-state index contributed by atoms with van der Waals surface area (Å²) in [7, 11) is -4.40. The van der Waals surface area contributed by atoms with E-state index in [4.69, 9.17) is 15.4 Å². The molecule has 6 nitrogen and oxygen atoms in total. The molecular weight excluding hydrogens is 330 g/mol. The van der Waals surface area contributed by atoms with Gasteiger partial charge in [0.25, 0.3) is 0 Å². The van der Waals surface area contributed by atoms with Gasteiger partial charge in [-0.15, -0.1) is 0 Å². The molecule has 0 aromatic carbocycles. The van der Waals surface area contributed by atoms with Gasteiger partial charge in [0, 0.05) is 13.2 Å². The Morgan fingerprint density at radius 2 is 1.12 bits per heavy atom. The van der Waals surface area contributed by atoms with Gasteiger partial charge in [0.2, 0.25) is 0 Å². The van der Waals surface area contributed by atoms with Crippen LogP contribution in [0.25, 0.3) is 0 Å². The molecule has 0 bridgehead atoms. The molecule has 4 N–H and O–H groups in total. The van der Waals surface area contributed by atoms with Gasteiger partial charge in [0.1, 0.15) is 0 Å². The first-order chi connectivity index (χ1) is 11.5. The Bertz CT molecular complexity index is 362. The number of aliphatic hydroxyl groups excluding tert-OH is 1. The molecule has 0 aliphatic heterocycles. The lowest BCUT2D eigenvalue weighted by molar-refractivity contribution is 0.176. The van der Waals surface area contributed by atoms with Crippen LogP contribution in [0.3, 0.4) is 0 Å². The maximum absolute atomic E-state index is 10.6. The molecule has 24 heavy (non-hydrogen) atoms. The highest BCUT2D eigenvalue weighted by molar-refractivity contribution is 7.80. The van der Waals surface area contributed by atoms with Gasteiger partial charge >= 0.3 is 10.4 Å². The maximum Gasteiger partial charge on any atom is 0.397 e. The summed E-state index contributed by atoms with van der Waals surface area (Å²) < 4.78 is 34.3. The van der Waals surface area contributed by atoms with Crippen molar-refractivity contribution in [2.45, 2.75) is 96.0 Å². The summed E-state index contributed by atoms with van der Waals surface area (Å²) in [5.41, 5.74) is 5.42. The lowest BCUT2D eigenvalue weighted by atomic mass is 10.0. The summed E-state index contributed by atoms with van der Waals surface area (Å²) in [6, 6.07) is 0. The first kappa shape index (κ1) is 23.8. The van der Waals surface area contributed by atoms with E-state index in [-0.39, 0.29) is 6.54 Å². The van der Waals surface area contributed by atoms with Gasteiger partial charge in [-0.1, -0.05) is 77.0 Å². The fraction of sp³-hybridized carbons (Fsp3) is 1.00. The van der Waals surface area contributed by atoms with Crippen LogP contribution in [0.1, 0.15) is 89.9 Å². The van der Waals surface area contributed by atoms with Crippen molar-refractivity contribution in [2.24, 2.45) is 5.73 Å². The largest absolute Gasteiger partial charge is 0.397 e. The number of rotatable bonds is 18. The molecule has 0 spiro atoms. The highest BCUT2D eigenvalue weighted by atomic mass is 32.3. The SMILES string of the molecule is NCC(CCCCCCCCCCCCCCCO)OS(=O)(=O)O. The Morgan fingerprint density at radius 3 is 1.46 bits per heavy atom. The topological polar surface area (TPSA) is 110 Å². The van der Waals surface area contributed by atoms with Crippen LogP contribution < -0.4 is 5.73 Å². The average molecular weight is 368 g/mol. The van der Waals surface area contributed by atoms with E-state index in [9.17, 15) is 8.42 Å². The molecule has 1 atom stereocenters. The highest BCUT2D eigenvalue weighted by Gasteiger charge is 2.14. The van der Waals surface area contributed by atoms with E-state index in [1.165, 1.54) is 51.4 Å². The van der Waals surface area contributed by atoms with Crippen LogP contribution in [-0.2, 0) is 14.6 Å².